The highest BCUT2D eigenvalue weighted by atomic mass is 16.5. The second-order valence-electron chi connectivity index (χ2n) is 3.97. The third-order valence-corrected chi connectivity index (χ3v) is 2.84. The number of esters is 1. The first-order valence-electron chi connectivity index (χ1n) is 5.90. The molecule has 0 atom stereocenters. The molecule has 0 saturated carbocycles. The SMILES string of the molecule is CCC/C=C1/OC(=O)c2c1ccc(OC)c2OC. The fraction of sp³-hybridized carbons (Fsp3) is 0.357. The van der Waals surface area contributed by atoms with E-state index < -0.39 is 0 Å². The number of cyclic esters (lactones) is 1. The molecule has 4 heteroatoms. The number of fused-ring (bicyclic) bond motifs is 1. The molecule has 0 fully saturated rings. The number of ether oxygens (including phenoxy) is 3. The molecule has 0 spiro atoms. The van der Waals surface area contributed by atoms with Gasteiger partial charge in [0, 0.05) is 5.56 Å². The smallest absolute Gasteiger partial charge is 0.348 e. The first-order valence-corrected chi connectivity index (χ1v) is 5.90. The maximum absolute atomic E-state index is 11.9. The fourth-order valence-electron chi connectivity index (χ4n) is 1.97. The number of hydrogen-bond acceptors (Lipinski definition) is 4. The Morgan fingerprint density at radius 1 is 1.28 bits per heavy atom. The van der Waals surface area contributed by atoms with E-state index in [1.165, 1.54) is 7.11 Å². The topological polar surface area (TPSA) is 44.8 Å². The van der Waals surface area contributed by atoms with Crippen LogP contribution in [-0.4, -0.2) is 20.2 Å². The number of carbonyl (C=O) groups is 1. The van der Waals surface area contributed by atoms with E-state index in [1.807, 2.05) is 12.1 Å². The van der Waals surface area contributed by atoms with Crippen LogP contribution < -0.4 is 9.47 Å². The highest BCUT2D eigenvalue weighted by Crippen LogP contribution is 2.41. The Kier molecular flexibility index (Phi) is 3.55. The van der Waals surface area contributed by atoms with Crippen LogP contribution in [0.4, 0.5) is 0 Å². The minimum atomic E-state index is -0.386. The summed E-state index contributed by atoms with van der Waals surface area (Å²) in [5.41, 5.74) is 1.21. The minimum absolute atomic E-state index is 0.386. The summed E-state index contributed by atoms with van der Waals surface area (Å²) in [6.07, 6.45) is 3.80. The molecule has 96 valence electrons. The first kappa shape index (κ1) is 12.5. The van der Waals surface area contributed by atoms with Gasteiger partial charge in [-0.25, -0.2) is 4.79 Å². The van der Waals surface area contributed by atoms with E-state index >= 15 is 0 Å². The summed E-state index contributed by atoms with van der Waals surface area (Å²) in [5, 5.41) is 0. The lowest BCUT2D eigenvalue weighted by Gasteiger charge is -2.09. The molecule has 18 heavy (non-hydrogen) atoms. The van der Waals surface area contributed by atoms with Gasteiger partial charge in [-0.15, -0.1) is 0 Å². The van der Waals surface area contributed by atoms with Crippen LogP contribution >= 0.6 is 0 Å². The molecule has 0 aliphatic carbocycles. The van der Waals surface area contributed by atoms with Gasteiger partial charge >= 0.3 is 5.97 Å². The summed E-state index contributed by atoms with van der Waals surface area (Å²) in [7, 11) is 3.05. The zero-order chi connectivity index (χ0) is 13.1. The largest absolute Gasteiger partial charge is 0.493 e. The van der Waals surface area contributed by atoms with Gasteiger partial charge < -0.3 is 14.2 Å². The lowest BCUT2D eigenvalue weighted by molar-refractivity contribution is 0.0712. The number of unbranched alkanes of at least 4 members (excludes halogenated alkanes) is 1. The molecule has 0 amide bonds. The van der Waals surface area contributed by atoms with Gasteiger partial charge in [-0.2, -0.15) is 0 Å². The van der Waals surface area contributed by atoms with Crippen LogP contribution in [0, 0.1) is 0 Å². The van der Waals surface area contributed by atoms with E-state index in [4.69, 9.17) is 14.2 Å². The first-order chi connectivity index (χ1) is 8.72. The fourth-order valence-corrected chi connectivity index (χ4v) is 1.97. The van der Waals surface area contributed by atoms with Gasteiger partial charge in [0.1, 0.15) is 11.3 Å². The Bertz CT molecular complexity index is 503. The van der Waals surface area contributed by atoms with E-state index in [2.05, 4.69) is 6.92 Å². The van der Waals surface area contributed by atoms with Gasteiger partial charge in [0.15, 0.2) is 11.5 Å². The van der Waals surface area contributed by atoms with Crippen LogP contribution in [0.2, 0.25) is 0 Å². The van der Waals surface area contributed by atoms with E-state index in [9.17, 15) is 4.79 Å². The van der Waals surface area contributed by atoms with Crippen molar-refractivity contribution in [2.75, 3.05) is 14.2 Å². The normalized spacial score (nSPS) is 15.5. The quantitative estimate of drug-likeness (QED) is 0.768. The molecule has 1 aromatic rings. The second-order valence-corrected chi connectivity index (χ2v) is 3.97. The highest BCUT2D eigenvalue weighted by Gasteiger charge is 2.32. The maximum Gasteiger partial charge on any atom is 0.348 e. The van der Waals surface area contributed by atoms with Crippen molar-refractivity contribution in [3.63, 3.8) is 0 Å². The summed E-state index contributed by atoms with van der Waals surface area (Å²) in [6, 6.07) is 3.60. The molecule has 0 N–H and O–H groups in total. The van der Waals surface area contributed by atoms with E-state index in [1.54, 1.807) is 13.2 Å². The number of benzene rings is 1. The van der Waals surface area contributed by atoms with Crippen molar-refractivity contribution in [2.45, 2.75) is 19.8 Å². The second kappa shape index (κ2) is 5.12. The molecule has 2 rings (SSSR count). The van der Waals surface area contributed by atoms with Crippen LogP contribution in [0.5, 0.6) is 11.5 Å². The van der Waals surface area contributed by atoms with E-state index in [0.717, 1.165) is 18.4 Å². The zero-order valence-electron chi connectivity index (χ0n) is 10.8. The van der Waals surface area contributed by atoms with Gasteiger partial charge in [-0.1, -0.05) is 13.3 Å². The Balaban J connectivity index is 2.54. The Labute approximate surface area is 106 Å². The monoisotopic (exact) mass is 248 g/mol. The van der Waals surface area contributed by atoms with E-state index in [-0.39, 0.29) is 5.97 Å². The summed E-state index contributed by atoms with van der Waals surface area (Å²) in [5.74, 6) is 1.19. The molecule has 0 aromatic heterocycles. The summed E-state index contributed by atoms with van der Waals surface area (Å²) < 4.78 is 15.7. The molecule has 0 saturated heterocycles. The van der Waals surface area contributed by atoms with Crippen molar-refractivity contribution >= 4 is 11.7 Å². The number of methoxy groups -OCH3 is 2. The van der Waals surface area contributed by atoms with E-state index in [0.29, 0.717) is 22.8 Å². The molecular weight excluding hydrogens is 232 g/mol. The van der Waals surface area contributed by atoms with Crippen molar-refractivity contribution in [2.24, 2.45) is 0 Å². The third kappa shape index (κ3) is 1.94. The zero-order valence-corrected chi connectivity index (χ0v) is 10.8. The van der Waals surface area contributed by atoms with Crippen LogP contribution in [0.15, 0.2) is 18.2 Å². The highest BCUT2D eigenvalue weighted by molar-refractivity contribution is 6.06. The average molecular weight is 248 g/mol. The van der Waals surface area contributed by atoms with Crippen LogP contribution in [-0.2, 0) is 4.74 Å². The molecular formula is C14H16O4. The molecule has 4 nitrogen and oxygen atoms in total. The lowest BCUT2D eigenvalue weighted by atomic mass is 10.1. The average Bonchev–Trinajstić information content (AvgIpc) is 2.72. The Morgan fingerprint density at radius 2 is 2.06 bits per heavy atom. The molecule has 0 bridgehead atoms. The van der Waals surface area contributed by atoms with Crippen LogP contribution in [0.25, 0.3) is 5.76 Å². The minimum Gasteiger partial charge on any atom is -0.493 e. The van der Waals surface area contributed by atoms with Crippen LogP contribution in [0.1, 0.15) is 35.7 Å². The molecule has 0 radical (unpaired) electrons. The molecule has 1 aliphatic heterocycles. The van der Waals surface area contributed by atoms with Crippen molar-refractivity contribution in [3.8, 4) is 11.5 Å². The van der Waals surface area contributed by atoms with Crippen molar-refractivity contribution in [1.29, 1.82) is 0 Å². The third-order valence-electron chi connectivity index (χ3n) is 2.84. The van der Waals surface area contributed by atoms with Gasteiger partial charge in [0.2, 0.25) is 0 Å². The summed E-state index contributed by atoms with van der Waals surface area (Å²) in [6.45, 7) is 2.07. The molecule has 0 unspecified atom stereocenters. The van der Waals surface area contributed by atoms with Crippen molar-refractivity contribution < 1.29 is 19.0 Å². The summed E-state index contributed by atoms with van der Waals surface area (Å²) in [4.78, 5) is 11.9. The van der Waals surface area contributed by atoms with Gasteiger partial charge in [0.25, 0.3) is 0 Å². The number of rotatable bonds is 4. The molecule has 1 aromatic carbocycles. The van der Waals surface area contributed by atoms with Crippen LogP contribution in [0.3, 0.4) is 0 Å². The number of hydrogen-bond donors (Lipinski definition) is 0. The van der Waals surface area contributed by atoms with Gasteiger partial charge in [-0.3, -0.25) is 0 Å². The predicted octanol–water partition coefficient (Wildman–Crippen LogP) is 3.02. The summed E-state index contributed by atoms with van der Waals surface area (Å²) >= 11 is 0. The molecule has 1 aliphatic rings. The van der Waals surface area contributed by atoms with Crippen molar-refractivity contribution in [1.82, 2.24) is 0 Å². The maximum atomic E-state index is 11.9. The Hall–Kier alpha value is -1.97. The predicted molar refractivity (Wildman–Crippen MR) is 67.8 cm³/mol. The number of allylic oxidation sites excluding steroid dienone is 1. The lowest BCUT2D eigenvalue weighted by Crippen LogP contribution is -2.00. The van der Waals surface area contributed by atoms with Gasteiger partial charge in [-0.05, 0) is 24.6 Å². The van der Waals surface area contributed by atoms with Crippen molar-refractivity contribution in [3.05, 3.63) is 29.3 Å². The standard InChI is InChI=1S/C14H16O4/c1-4-5-6-10-9-7-8-11(16-2)13(17-3)12(9)14(15)18-10/h6-8H,4-5H2,1-3H3/b10-6+. The van der Waals surface area contributed by atoms with Gasteiger partial charge in [0.05, 0.1) is 14.2 Å². The Morgan fingerprint density at radius 3 is 2.67 bits per heavy atom. The molecule has 1 heterocycles. The number of carbonyl (C=O) groups excluding carboxylic acids is 1.